The molecule has 0 heterocycles. The van der Waals surface area contributed by atoms with Gasteiger partial charge in [0.15, 0.2) is 0 Å². The first-order valence-electron chi connectivity index (χ1n) is 13.1. The molecule has 11 nitrogen and oxygen atoms in total. The normalized spacial score (nSPS) is 11.8. The summed E-state index contributed by atoms with van der Waals surface area (Å²) in [5, 5.41) is 35.7. The molecule has 0 saturated carbocycles. The first-order chi connectivity index (χ1) is 19.7. The third-order valence-electron chi connectivity index (χ3n) is 6.67. The molecule has 4 aromatic rings. The average Bonchev–Trinajstić information content (AvgIpc) is 2.94. The number of amides is 1. The Morgan fingerprint density at radius 1 is 0.610 bits per heavy atom. The van der Waals surface area contributed by atoms with Gasteiger partial charge in [-0.25, -0.2) is 0 Å². The summed E-state index contributed by atoms with van der Waals surface area (Å²) in [5.74, 6) is -3.68. The van der Waals surface area contributed by atoms with Crippen LogP contribution in [0.4, 0.5) is 0 Å². The molecule has 1 amide bonds. The molecule has 0 fully saturated rings. The van der Waals surface area contributed by atoms with E-state index in [0.29, 0.717) is 5.56 Å². The zero-order chi connectivity index (χ0) is 29.4. The van der Waals surface area contributed by atoms with Crippen LogP contribution >= 0.6 is 0 Å². The zero-order valence-electron chi connectivity index (χ0n) is 22.3. The molecule has 216 valence electrons. The van der Waals surface area contributed by atoms with Crippen molar-refractivity contribution in [2.24, 2.45) is 0 Å². The van der Waals surface area contributed by atoms with Crippen molar-refractivity contribution in [1.82, 2.24) is 5.32 Å². The van der Waals surface area contributed by atoms with E-state index in [4.69, 9.17) is 29.5 Å². The van der Waals surface area contributed by atoms with Crippen LogP contribution in [0.2, 0.25) is 0 Å². The highest BCUT2D eigenvalue weighted by molar-refractivity contribution is 6.26. The fourth-order valence-corrected chi connectivity index (χ4v) is 4.76. The number of rotatable bonds is 17. The van der Waals surface area contributed by atoms with E-state index >= 15 is 0 Å². The van der Waals surface area contributed by atoms with Crippen molar-refractivity contribution in [3.05, 3.63) is 60.2 Å². The molecule has 0 aliphatic heterocycles. The molecule has 0 bridgehead atoms. The van der Waals surface area contributed by atoms with Gasteiger partial charge in [0, 0.05) is 5.56 Å². The molecule has 0 saturated heterocycles. The number of carbonyl (C=O) groups excluding carboxylic acids is 1. The number of benzene rings is 4. The van der Waals surface area contributed by atoms with E-state index < -0.39 is 29.4 Å². The first kappa shape index (κ1) is 29.7. The van der Waals surface area contributed by atoms with Gasteiger partial charge in [-0.1, -0.05) is 48.5 Å². The lowest BCUT2D eigenvalue weighted by Gasteiger charge is -2.34. The fourth-order valence-electron chi connectivity index (χ4n) is 4.76. The number of ether oxygens (including phenoxy) is 3. The summed E-state index contributed by atoms with van der Waals surface area (Å²) in [6.45, 7) is -1.14. The van der Waals surface area contributed by atoms with Crippen LogP contribution < -0.4 is 5.32 Å². The number of carboxylic acids is 3. The van der Waals surface area contributed by atoms with Crippen molar-refractivity contribution in [2.75, 3.05) is 39.6 Å². The smallest absolute Gasteiger partial charge is 0.305 e. The summed E-state index contributed by atoms with van der Waals surface area (Å²) in [7, 11) is 0. The Kier molecular flexibility index (Phi) is 9.66. The molecule has 0 aromatic heterocycles. The second-order valence-electron chi connectivity index (χ2n) is 9.79. The lowest BCUT2D eigenvalue weighted by molar-refractivity contribution is -0.139. The second kappa shape index (κ2) is 13.4. The van der Waals surface area contributed by atoms with Crippen LogP contribution in [0.1, 0.15) is 29.6 Å². The largest absolute Gasteiger partial charge is 0.481 e. The van der Waals surface area contributed by atoms with E-state index in [2.05, 4.69) is 5.32 Å². The maximum absolute atomic E-state index is 13.9. The molecule has 4 N–H and O–H groups in total. The van der Waals surface area contributed by atoms with Crippen LogP contribution in [0.25, 0.3) is 32.3 Å². The number of hydrogen-bond acceptors (Lipinski definition) is 7. The minimum absolute atomic E-state index is 0.157. The van der Waals surface area contributed by atoms with Crippen LogP contribution in [-0.4, -0.2) is 84.3 Å². The van der Waals surface area contributed by atoms with E-state index in [1.54, 1.807) is 6.07 Å². The number of hydrogen-bond donors (Lipinski definition) is 4. The van der Waals surface area contributed by atoms with E-state index in [-0.39, 0.29) is 58.9 Å². The van der Waals surface area contributed by atoms with Crippen molar-refractivity contribution >= 4 is 56.1 Å². The molecular formula is C30H31NO10. The molecule has 0 unspecified atom stereocenters. The van der Waals surface area contributed by atoms with Gasteiger partial charge in [-0.15, -0.1) is 0 Å². The van der Waals surface area contributed by atoms with Gasteiger partial charge in [-0.2, -0.15) is 0 Å². The van der Waals surface area contributed by atoms with Crippen LogP contribution in [0.3, 0.4) is 0 Å². The van der Waals surface area contributed by atoms with Crippen LogP contribution in [0.15, 0.2) is 54.6 Å². The number of aliphatic carboxylic acids is 3. The molecule has 11 heteroatoms. The predicted octanol–water partition coefficient (Wildman–Crippen LogP) is 3.53. The minimum Gasteiger partial charge on any atom is -0.481 e. The van der Waals surface area contributed by atoms with Gasteiger partial charge in [0.2, 0.25) is 0 Å². The SMILES string of the molecule is O=C(O)CCOCC(COCCC(=O)O)(COCCC(=O)O)NC(=O)c1ccc2ccc3cccc4ccc1c2c34. The van der Waals surface area contributed by atoms with E-state index in [1.165, 1.54) is 0 Å². The molecule has 4 rings (SSSR count). The van der Waals surface area contributed by atoms with Gasteiger partial charge < -0.3 is 34.8 Å². The van der Waals surface area contributed by atoms with E-state index in [1.807, 2.05) is 48.5 Å². The van der Waals surface area contributed by atoms with E-state index in [9.17, 15) is 19.2 Å². The van der Waals surface area contributed by atoms with Crippen molar-refractivity contribution in [2.45, 2.75) is 24.8 Å². The Balaban J connectivity index is 1.66. The van der Waals surface area contributed by atoms with Crippen LogP contribution in [0, 0.1) is 0 Å². The van der Waals surface area contributed by atoms with Gasteiger partial charge >= 0.3 is 17.9 Å². The van der Waals surface area contributed by atoms with Gasteiger partial charge in [0.05, 0.1) is 58.9 Å². The van der Waals surface area contributed by atoms with Gasteiger partial charge in [-0.05, 0) is 38.4 Å². The molecule has 0 aliphatic carbocycles. The van der Waals surface area contributed by atoms with E-state index in [0.717, 1.165) is 32.3 Å². The minimum atomic E-state index is -1.38. The molecule has 4 aromatic carbocycles. The number of nitrogens with one attached hydrogen (secondary N) is 1. The monoisotopic (exact) mass is 565 g/mol. The summed E-state index contributed by atoms with van der Waals surface area (Å²) < 4.78 is 16.8. The van der Waals surface area contributed by atoms with Gasteiger partial charge in [-0.3, -0.25) is 19.2 Å². The van der Waals surface area contributed by atoms with Crippen molar-refractivity contribution in [3.8, 4) is 0 Å². The Bertz CT molecular complexity index is 1480. The number of carboxylic acid groups (broad SMARTS) is 3. The predicted molar refractivity (Wildman–Crippen MR) is 150 cm³/mol. The Hall–Kier alpha value is -4.32. The Labute approximate surface area is 234 Å². The molecule has 0 atom stereocenters. The van der Waals surface area contributed by atoms with Gasteiger partial charge in [0.1, 0.15) is 5.54 Å². The summed E-state index contributed by atoms with van der Waals surface area (Å²) in [6, 6.07) is 17.4. The van der Waals surface area contributed by atoms with Crippen molar-refractivity contribution in [3.63, 3.8) is 0 Å². The molecule has 0 radical (unpaired) electrons. The lowest BCUT2D eigenvalue weighted by atomic mass is 9.91. The van der Waals surface area contributed by atoms with Gasteiger partial charge in [0.25, 0.3) is 5.91 Å². The maximum atomic E-state index is 13.9. The van der Waals surface area contributed by atoms with Crippen molar-refractivity contribution in [1.29, 1.82) is 0 Å². The van der Waals surface area contributed by atoms with Crippen LogP contribution in [0.5, 0.6) is 0 Å². The maximum Gasteiger partial charge on any atom is 0.305 e. The second-order valence-corrected chi connectivity index (χ2v) is 9.79. The summed E-state index contributed by atoms with van der Waals surface area (Å²) in [5.41, 5.74) is -1.00. The highest BCUT2D eigenvalue weighted by atomic mass is 16.5. The fraction of sp³-hybridized carbons (Fsp3) is 0.333. The lowest BCUT2D eigenvalue weighted by Crippen LogP contribution is -2.58. The molecular weight excluding hydrogens is 534 g/mol. The highest BCUT2D eigenvalue weighted by Gasteiger charge is 2.35. The Morgan fingerprint density at radius 2 is 1.05 bits per heavy atom. The van der Waals surface area contributed by atoms with Crippen LogP contribution in [-0.2, 0) is 28.6 Å². The highest BCUT2D eigenvalue weighted by Crippen LogP contribution is 2.36. The third-order valence-corrected chi connectivity index (χ3v) is 6.67. The molecule has 41 heavy (non-hydrogen) atoms. The summed E-state index contributed by atoms with van der Waals surface area (Å²) >= 11 is 0. The average molecular weight is 566 g/mol. The third kappa shape index (κ3) is 7.46. The number of carbonyl (C=O) groups is 4. The van der Waals surface area contributed by atoms with Crippen molar-refractivity contribution < 1.29 is 48.7 Å². The Morgan fingerprint density at radius 3 is 1.54 bits per heavy atom. The molecule has 0 spiro atoms. The molecule has 0 aliphatic rings. The zero-order valence-corrected chi connectivity index (χ0v) is 22.3. The summed E-state index contributed by atoms with van der Waals surface area (Å²) in [4.78, 5) is 46.9. The quantitative estimate of drug-likeness (QED) is 0.110. The topological polar surface area (TPSA) is 169 Å². The first-order valence-corrected chi connectivity index (χ1v) is 13.1. The summed E-state index contributed by atoms with van der Waals surface area (Å²) in [6.07, 6.45) is -0.837. The standard InChI is InChI=1S/C30H31NO10/c32-24(33)10-13-39-16-30(17-40-14-11-25(34)35,18-41-15-12-26(36)37)31-29(38)23-9-7-21-5-4-19-2-1-3-20-6-8-22(23)28(21)27(19)20/h1-9H,10-18H2,(H,31,38)(H,32,33)(H,34,35)(H,36,37).